The number of fused-ring (bicyclic) bond motifs is 1. The maximum absolute atomic E-state index is 5.87. The van der Waals surface area contributed by atoms with Crippen LogP contribution in [-0.2, 0) is 13.0 Å². The van der Waals surface area contributed by atoms with Crippen molar-refractivity contribution in [3.63, 3.8) is 0 Å². The Balaban J connectivity index is 1.99. The summed E-state index contributed by atoms with van der Waals surface area (Å²) >= 11 is 1.86. The molecule has 0 amide bonds. The number of hydrogen-bond donors (Lipinski definition) is 2. The maximum atomic E-state index is 5.87. The second-order valence-corrected chi connectivity index (χ2v) is 6.82. The van der Waals surface area contributed by atoms with Crippen molar-refractivity contribution in [2.45, 2.75) is 39.3 Å². The van der Waals surface area contributed by atoms with E-state index in [4.69, 9.17) is 9.47 Å². The van der Waals surface area contributed by atoms with Gasteiger partial charge in [-0.1, -0.05) is 0 Å². The van der Waals surface area contributed by atoms with E-state index in [9.17, 15) is 0 Å². The minimum absolute atomic E-state index is 0.239. The molecule has 1 atom stereocenters. The van der Waals surface area contributed by atoms with E-state index in [0.29, 0.717) is 13.2 Å². The second-order valence-electron chi connectivity index (χ2n) is 5.83. The standard InChI is InChI=1S/C18H29N3O2S/c1-5-22-16-10-14-9-13(2)23-17(14)11-15(16)12-21-18(19-3)20-7-6-8-24-4/h10-11,13H,5-9,12H2,1-4H3,(H2,19,20,21). The zero-order chi connectivity index (χ0) is 17.4. The summed E-state index contributed by atoms with van der Waals surface area (Å²) in [5.74, 6) is 3.87. The number of nitrogens with zero attached hydrogens (tertiary/aromatic N) is 1. The number of hydrogen-bond acceptors (Lipinski definition) is 4. The maximum Gasteiger partial charge on any atom is 0.191 e. The SMILES string of the molecule is CCOc1cc2c(cc1CNC(=NC)NCCCSC)OC(C)C2. The van der Waals surface area contributed by atoms with Crippen LogP contribution in [0.2, 0.25) is 0 Å². The molecule has 0 radical (unpaired) electrons. The largest absolute Gasteiger partial charge is 0.494 e. The number of aliphatic imine (C=N–C) groups is 1. The molecule has 0 aromatic heterocycles. The van der Waals surface area contributed by atoms with Crippen LogP contribution in [0.1, 0.15) is 31.4 Å². The van der Waals surface area contributed by atoms with E-state index in [0.717, 1.165) is 48.2 Å². The minimum Gasteiger partial charge on any atom is -0.494 e. The molecular formula is C18H29N3O2S. The summed E-state index contributed by atoms with van der Waals surface area (Å²) in [6.07, 6.45) is 4.43. The van der Waals surface area contributed by atoms with E-state index in [1.54, 1.807) is 7.05 Å². The van der Waals surface area contributed by atoms with Gasteiger partial charge in [-0.05, 0) is 44.4 Å². The molecule has 24 heavy (non-hydrogen) atoms. The summed E-state index contributed by atoms with van der Waals surface area (Å²) in [4.78, 5) is 4.28. The number of thioether (sulfide) groups is 1. The van der Waals surface area contributed by atoms with E-state index < -0.39 is 0 Å². The first-order chi connectivity index (χ1) is 11.7. The van der Waals surface area contributed by atoms with E-state index in [2.05, 4.69) is 40.9 Å². The molecule has 1 aliphatic heterocycles. The van der Waals surface area contributed by atoms with Crippen LogP contribution in [0.5, 0.6) is 11.5 Å². The Bertz CT molecular complexity index is 563. The number of nitrogens with one attached hydrogen (secondary N) is 2. The molecule has 6 heteroatoms. The van der Waals surface area contributed by atoms with Gasteiger partial charge in [-0.25, -0.2) is 0 Å². The van der Waals surface area contributed by atoms with Gasteiger partial charge in [0.2, 0.25) is 0 Å². The number of ether oxygens (including phenoxy) is 2. The highest BCUT2D eigenvalue weighted by molar-refractivity contribution is 7.98. The highest BCUT2D eigenvalue weighted by Crippen LogP contribution is 2.35. The summed E-state index contributed by atoms with van der Waals surface area (Å²) in [6.45, 7) is 6.34. The average molecular weight is 352 g/mol. The van der Waals surface area contributed by atoms with Crippen molar-refractivity contribution < 1.29 is 9.47 Å². The van der Waals surface area contributed by atoms with E-state index >= 15 is 0 Å². The normalized spacial score (nSPS) is 16.5. The van der Waals surface area contributed by atoms with Gasteiger partial charge in [0.1, 0.15) is 17.6 Å². The quantitative estimate of drug-likeness (QED) is 0.428. The summed E-state index contributed by atoms with van der Waals surface area (Å²) in [5, 5.41) is 6.70. The summed E-state index contributed by atoms with van der Waals surface area (Å²) < 4.78 is 11.7. The molecule has 1 heterocycles. The molecule has 1 unspecified atom stereocenters. The van der Waals surface area contributed by atoms with Gasteiger partial charge in [0.05, 0.1) is 6.61 Å². The Morgan fingerprint density at radius 2 is 2.25 bits per heavy atom. The zero-order valence-electron chi connectivity index (χ0n) is 15.1. The molecule has 0 fully saturated rings. The van der Waals surface area contributed by atoms with Crippen LogP contribution < -0.4 is 20.1 Å². The first-order valence-electron chi connectivity index (χ1n) is 8.56. The molecule has 2 rings (SSSR count). The molecular weight excluding hydrogens is 322 g/mol. The van der Waals surface area contributed by atoms with Crippen LogP contribution in [0.25, 0.3) is 0 Å². The van der Waals surface area contributed by atoms with Crippen molar-refractivity contribution >= 4 is 17.7 Å². The highest BCUT2D eigenvalue weighted by Gasteiger charge is 2.21. The first-order valence-corrected chi connectivity index (χ1v) is 9.96. The Morgan fingerprint density at radius 1 is 1.42 bits per heavy atom. The van der Waals surface area contributed by atoms with Gasteiger partial charge in [-0.3, -0.25) is 4.99 Å². The molecule has 0 bridgehead atoms. The lowest BCUT2D eigenvalue weighted by Gasteiger charge is -2.15. The molecule has 1 aliphatic rings. The van der Waals surface area contributed by atoms with Crippen LogP contribution in [-0.4, -0.2) is 44.3 Å². The smallest absolute Gasteiger partial charge is 0.191 e. The van der Waals surface area contributed by atoms with Gasteiger partial charge in [-0.15, -0.1) is 0 Å². The average Bonchev–Trinajstić information content (AvgIpc) is 2.93. The topological polar surface area (TPSA) is 54.9 Å². The molecule has 0 saturated carbocycles. The fourth-order valence-electron chi connectivity index (χ4n) is 2.73. The van der Waals surface area contributed by atoms with Crippen molar-refractivity contribution in [1.29, 1.82) is 0 Å². The van der Waals surface area contributed by atoms with Gasteiger partial charge >= 0.3 is 0 Å². The fourth-order valence-corrected chi connectivity index (χ4v) is 3.17. The highest BCUT2D eigenvalue weighted by atomic mass is 32.2. The van der Waals surface area contributed by atoms with Gasteiger partial charge in [-0.2, -0.15) is 11.8 Å². The molecule has 0 spiro atoms. The van der Waals surface area contributed by atoms with Crippen LogP contribution >= 0.6 is 11.8 Å². The van der Waals surface area contributed by atoms with Gasteiger partial charge < -0.3 is 20.1 Å². The monoisotopic (exact) mass is 351 g/mol. The van der Waals surface area contributed by atoms with Crippen molar-refractivity contribution in [2.24, 2.45) is 4.99 Å². The Hall–Kier alpha value is -1.56. The molecule has 134 valence electrons. The molecule has 0 saturated heterocycles. The molecule has 2 N–H and O–H groups in total. The third-order valence-corrected chi connectivity index (χ3v) is 4.56. The summed E-state index contributed by atoms with van der Waals surface area (Å²) in [6, 6.07) is 4.21. The van der Waals surface area contributed by atoms with Crippen molar-refractivity contribution in [3.05, 3.63) is 23.3 Å². The van der Waals surface area contributed by atoms with Crippen molar-refractivity contribution in [3.8, 4) is 11.5 Å². The van der Waals surface area contributed by atoms with E-state index in [1.165, 1.54) is 5.56 Å². The van der Waals surface area contributed by atoms with Crippen molar-refractivity contribution in [2.75, 3.05) is 32.2 Å². The van der Waals surface area contributed by atoms with Crippen LogP contribution in [0, 0.1) is 0 Å². The predicted molar refractivity (Wildman–Crippen MR) is 103 cm³/mol. The zero-order valence-corrected chi connectivity index (χ0v) is 16.0. The lowest BCUT2D eigenvalue weighted by Crippen LogP contribution is -2.37. The number of benzene rings is 1. The summed E-state index contributed by atoms with van der Waals surface area (Å²) in [5.41, 5.74) is 2.33. The summed E-state index contributed by atoms with van der Waals surface area (Å²) in [7, 11) is 1.79. The van der Waals surface area contributed by atoms with Gasteiger partial charge in [0, 0.05) is 37.7 Å². The predicted octanol–water partition coefficient (Wildman–Crippen LogP) is 2.83. The Kier molecular flexibility index (Phi) is 7.56. The van der Waals surface area contributed by atoms with E-state index in [1.807, 2.05) is 18.7 Å². The minimum atomic E-state index is 0.239. The third kappa shape index (κ3) is 5.23. The van der Waals surface area contributed by atoms with Gasteiger partial charge in [0.25, 0.3) is 0 Å². The number of guanidine groups is 1. The van der Waals surface area contributed by atoms with Gasteiger partial charge in [0.15, 0.2) is 5.96 Å². The number of rotatable bonds is 8. The van der Waals surface area contributed by atoms with Crippen LogP contribution in [0.3, 0.4) is 0 Å². The van der Waals surface area contributed by atoms with Crippen LogP contribution in [0.4, 0.5) is 0 Å². The lowest BCUT2D eigenvalue weighted by molar-refractivity contribution is 0.254. The van der Waals surface area contributed by atoms with Crippen molar-refractivity contribution in [1.82, 2.24) is 10.6 Å². The fraction of sp³-hybridized carbons (Fsp3) is 0.611. The molecule has 5 nitrogen and oxygen atoms in total. The Morgan fingerprint density at radius 3 is 2.96 bits per heavy atom. The first kappa shape index (κ1) is 18.8. The lowest BCUT2D eigenvalue weighted by atomic mass is 10.1. The second kappa shape index (κ2) is 9.67. The van der Waals surface area contributed by atoms with E-state index in [-0.39, 0.29) is 6.10 Å². The molecule has 1 aromatic rings. The Labute approximate surface area is 149 Å². The third-order valence-electron chi connectivity index (χ3n) is 3.87. The molecule has 0 aliphatic carbocycles. The van der Waals surface area contributed by atoms with Crippen LogP contribution in [0.15, 0.2) is 17.1 Å². The molecule has 1 aromatic carbocycles.